The van der Waals surface area contributed by atoms with Crippen LogP contribution >= 0.6 is 0 Å². The van der Waals surface area contributed by atoms with Crippen LogP contribution in [0.1, 0.15) is 11.9 Å². The van der Waals surface area contributed by atoms with Gasteiger partial charge in [-0.25, -0.2) is 0 Å². The molecule has 0 aliphatic carbocycles. The van der Waals surface area contributed by atoms with Crippen LogP contribution < -0.4 is 11.1 Å². The molecule has 0 unspecified atom stereocenters. The number of anilines is 3. The molecule has 1 aliphatic rings. The maximum atomic E-state index is 6.15. The molecule has 2 heterocycles. The fourth-order valence-corrected chi connectivity index (χ4v) is 2.51. The molecule has 0 amide bonds. The molecule has 1 aromatic heterocycles. The van der Waals surface area contributed by atoms with Gasteiger partial charge in [-0.2, -0.15) is 0 Å². The van der Waals surface area contributed by atoms with Crippen LogP contribution in [-0.4, -0.2) is 5.16 Å². The Bertz CT molecular complexity index is 867. The lowest BCUT2D eigenvalue weighted by atomic mass is 10.1. The Morgan fingerprint density at radius 1 is 1.00 bits per heavy atom. The number of benzene rings is 2. The molecule has 24 heavy (non-hydrogen) atoms. The first-order valence-corrected chi connectivity index (χ1v) is 7.43. The minimum absolute atomic E-state index is 0.433. The molecule has 3 N–H and O–H groups in total. The van der Waals surface area contributed by atoms with E-state index in [0.29, 0.717) is 5.69 Å². The second-order valence-electron chi connectivity index (χ2n) is 5.31. The van der Waals surface area contributed by atoms with Crippen LogP contribution in [0.25, 0.3) is 11.3 Å². The van der Waals surface area contributed by atoms with Gasteiger partial charge in [-0.3, -0.25) is 0 Å². The molecule has 0 saturated heterocycles. The van der Waals surface area contributed by atoms with Crippen molar-refractivity contribution in [2.75, 3.05) is 11.1 Å². The smallest absolute Gasteiger partial charge is 0.266 e. The Hall–Kier alpha value is -3.41. The van der Waals surface area contributed by atoms with Crippen molar-refractivity contribution in [2.24, 2.45) is 0 Å². The van der Waals surface area contributed by atoms with E-state index in [4.69, 9.17) is 19.7 Å². The highest BCUT2D eigenvalue weighted by atomic mass is 16.7. The number of hydrogen-bond donors (Lipinski definition) is 2. The minimum Gasteiger partial charge on any atom is -0.455 e. The van der Waals surface area contributed by atoms with E-state index in [-0.39, 0.29) is 0 Å². The highest BCUT2D eigenvalue weighted by molar-refractivity contribution is 5.75. The Morgan fingerprint density at radius 3 is 2.62 bits per heavy atom. The van der Waals surface area contributed by atoms with E-state index in [1.165, 1.54) is 12.5 Å². The van der Waals surface area contributed by atoms with Crippen molar-refractivity contribution in [3.63, 3.8) is 0 Å². The minimum atomic E-state index is -0.433. The van der Waals surface area contributed by atoms with Gasteiger partial charge in [0.15, 0.2) is 0 Å². The van der Waals surface area contributed by atoms with Crippen molar-refractivity contribution in [1.29, 1.82) is 0 Å². The van der Waals surface area contributed by atoms with E-state index in [2.05, 4.69) is 10.5 Å². The maximum Gasteiger partial charge on any atom is 0.266 e. The number of ether oxygens (including phenoxy) is 2. The van der Waals surface area contributed by atoms with Crippen LogP contribution in [0.3, 0.4) is 0 Å². The predicted molar refractivity (Wildman–Crippen MR) is 90.1 cm³/mol. The molecule has 3 aromatic rings. The van der Waals surface area contributed by atoms with E-state index < -0.39 is 6.29 Å². The fourth-order valence-electron chi connectivity index (χ4n) is 2.51. The lowest BCUT2D eigenvalue weighted by molar-refractivity contribution is -0.0245. The van der Waals surface area contributed by atoms with Crippen molar-refractivity contribution >= 4 is 17.1 Å². The van der Waals surface area contributed by atoms with Gasteiger partial charge in [0.1, 0.15) is 24.5 Å². The summed E-state index contributed by atoms with van der Waals surface area (Å²) in [5.41, 5.74) is 11.1. The van der Waals surface area contributed by atoms with Gasteiger partial charge in [-0.15, -0.1) is 0 Å². The van der Waals surface area contributed by atoms with Crippen LogP contribution in [-0.2, 0) is 9.47 Å². The van der Waals surface area contributed by atoms with E-state index >= 15 is 0 Å². The molecule has 0 radical (unpaired) electrons. The molecule has 6 nitrogen and oxygen atoms in total. The summed E-state index contributed by atoms with van der Waals surface area (Å²) in [6.45, 7) is 0. The molecular formula is C18H15N3O3. The van der Waals surface area contributed by atoms with Crippen molar-refractivity contribution in [2.45, 2.75) is 6.29 Å². The molecule has 120 valence electrons. The van der Waals surface area contributed by atoms with Gasteiger partial charge in [0.05, 0.1) is 11.4 Å². The molecule has 6 heteroatoms. The summed E-state index contributed by atoms with van der Waals surface area (Å²) in [5, 5.41) is 7.26. The third-order valence-corrected chi connectivity index (χ3v) is 3.68. The molecular weight excluding hydrogens is 306 g/mol. The second kappa shape index (κ2) is 6.00. The summed E-state index contributed by atoms with van der Waals surface area (Å²) in [7, 11) is 0. The van der Waals surface area contributed by atoms with Crippen LogP contribution in [0.15, 0.2) is 71.8 Å². The van der Waals surface area contributed by atoms with Crippen LogP contribution in [0, 0.1) is 0 Å². The van der Waals surface area contributed by atoms with Gasteiger partial charge in [-0.05, 0) is 30.3 Å². The van der Waals surface area contributed by atoms with E-state index in [1.54, 1.807) is 6.26 Å². The number of nitrogen functional groups attached to an aromatic ring is 1. The van der Waals surface area contributed by atoms with Crippen molar-refractivity contribution in [3.8, 4) is 11.3 Å². The van der Waals surface area contributed by atoms with Crippen LogP contribution in [0.5, 0.6) is 0 Å². The Labute approximate surface area is 138 Å². The molecule has 4 rings (SSSR count). The number of rotatable bonds is 4. The number of nitrogens with zero attached hydrogens (tertiary/aromatic N) is 1. The van der Waals surface area contributed by atoms with Crippen molar-refractivity contribution in [1.82, 2.24) is 5.16 Å². The Balaban J connectivity index is 1.56. The standard InChI is InChI=1S/C18H15N3O3/c19-15-11-13(18-22-8-9-23-18)4-5-17(15)20-14-3-1-2-12(10-14)16-6-7-24-21-16/h1-11,18,20H,19H2. The first kappa shape index (κ1) is 14.2. The largest absolute Gasteiger partial charge is 0.455 e. The Kier molecular flexibility index (Phi) is 3.55. The zero-order valence-electron chi connectivity index (χ0n) is 12.7. The highest BCUT2D eigenvalue weighted by Gasteiger charge is 2.16. The van der Waals surface area contributed by atoms with Gasteiger partial charge < -0.3 is 25.0 Å². The van der Waals surface area contributed by atoms with Crippen molar-refractivity contribution in [3.05, 3.63) is 72.9 Å². The molecule has 0 atom stereocenters. The van der Waals surface area contributed by atoms with Gasteiger partial charge in [0.2, 0.25) is 0 Å². The highest BCUT2D eigenvalue weighted by Crippen LogP contribution is 2.31. The van der Waals surface area contributed by atoms with Crippen LogP contribution in [0.2, 0.25) is 0 Å². The average molecular weight is 321 g/mol. The monoisotopic (exact) mass is 321 g/mol. The van der Waals surface area contributed by atoms with Crippen molar-refractivity contribution < 1.29 is 14.0 Å². The summed E-state index contributed by atoms with van der Waals surface area (Å²) in [5.74, 6) is 0. The summed E-state index contributed by atoms with van der Waals surface area (Å²) >= 11 is 0. The number of nitrogens with two attached hydrogens (primary N) is 1. The first-order valence-electron chi connectivity index (χ1n) is 7.43. The summed E-state index contributed by atoms with van der Waals surface area (Å²) in [6.07, 6.45) is 4.15. The summed E-state index contributed by atoms with van der Waals surface area (Å²) < 4.78 is 15.5. The predicted octanol–water partition coefficient (Wildman–Crippen LogP) is 4.18. The molecule has 1 aliphatic heterocycles. The molecule has 0 fully saturated rings. The molecule has 0 spiro atoms. The third-order valence-electron chi connectivity index (χ3n) is 3.68. The third kappa shape index (κ3) is 2.77. The van der Waals surface area contributed by atoms with Gasteiger partial charge in [-0.1, -0.05) is 17.3 Å². The zero-order chi connectivity index (χ0) is 16.4. The lowest BCUT2D eigenvalue weighted by Gasteiger charge is -2.14. The first-order chi connectivity index (χ1) is 11.8. The van der Waals surface area contributed by atoms with Gasteiger partial charge >= 0.3 is 0 Å². The van der Waals surface area contributed by atoms with E-state index in [1.807, 2.05) is 48.5 Å². The SMILES string of the molecule is Nc1cc(C2OC=CO2)ccc1Nc1cccc(-c2ccon2)c1. The summed E-state index contributed by atoms with van der Waals surface area (Å²) in [4.78, 5) is 0. The van der Waals surface area contributed by atoms with E-state index in [0.717, 1.165) is 28.2 Å². The number of aromatic nitrogens is 1. The lowest BCUT2D eigenvalue weighted by Crippen LogP contribution is -2.02. The van der Waals surface area contributed by atoms with Crippen LogP contribution in [0.4, 0.5) is 17.1 Å². The topological polar surface area (TPSA) is 82.5 Å². The van der Waals surface area contributed by atoms with Gasteiger partial charge in [0, 0.05) is 22.9 Å². The number of hydrogen-bond acceptors (Lipinski definition) is 6. The summed E-state index contributed by atoms with van der Waals surface area (Å²) in [6, 6.07) is 15.3. The Morgan fingerprint density at radius 2 is 1.88 bits per heavy atom. The average Bonchev–Trinajstić information content (AvgIpc) is 3.31. The van der Waals surface area contributed by atoms with E-state index in [9.17, 15) is 0 Å². The quantitative estimate of drug-likeness (QED) is 0.701. The molecule has 0 saturated carbocycles. The second-order valence-corrected chi connectivity index (χ2v) is 5.31. The zero-order valence-corrected chi connectivity index (χ0v) is 12.7. The number of nitrogens with one attached hydrogen (secondary N) is 1. The molecule has 2 aromatic carbocycles. The maximum absolute atomic E-state index is 6.15. The fraction of sp³-hybridized carbons (Fsp3) is 0.0556. The van der Waals surface area contributed by atoms with Gasteiger partial charge in [0.25, 0.3) is 6.29 Å². The molecule has 0 bridgehead atoms. The normalized spacial score (nSPS) is 13.5.